The van der Waals surface area contributed by atoms with Crippen molar-refractivity contribution in [1.29, 1.82) is 0 Å². The van der Waals surface area contributed by atoms with Gasteiger partial charge >= 0.3 is 0 Å². The van der Waals surface area contributed by atoms with E-state index in [4.69, 9.17) is 18.9 Å². The molecule has 114 valence electrons. The van der Waals surface area contributed by atoms with E-state index in [0.29, 0.717) is 17.1 Å². The van der Waals surface area contributed by atoms with Crippen LogP contribution in [0.4, 0.5) is 0 Å². The summed E-state index contributed by atoms with van der Waals surface area (Å²) in [5.74, 6) is 1.20. The van der Waals surface area contributed by atoms with Crippen LogP contribution in [0.15, 0.2) is 18.2 Å². The molecule has 2 rings (SSSR count). The predicted molar refractivity (Wildman–Crippen MR) is 78.7 cm³/mol. The summed E-state index contributed by atoms with van der Waals surface area (Å²) in [6, 6.07) is 3.42. The van der Waals surface area contributed by atoms with Gasteiger partial charge in [-0.15, -0.1) is 0 Å². The van der Waals surface area contributed by atoms with Gasteiger partial charge in [-0.2, -0.15) is 0 Å². The van der Waals surface area contributed by atoms with Crippen molar-refractivity contribution in [2.75, 3.05) is 27.8 Å². The average molecular weight is 292 g/mol. The van der Waals surface area contributed by atoms with E-state index < -0.39 is 0 Å². The van der Waals surface area contributed by atoms with Crippen molar-refractivity contribution in [3.8, 4) is 11.5 Å². The molecule has 0 fully saturated rings. The van der Waals surface area contributed by atoms with E-state index in [9.17, 15) is 4.79 Å². The minimum atomic E-state index is 0.117. The van der Waals surface area contributed by atoms with Gasteiger partial charge < -0.3 is 18.9 Å². The van der Waals surface area contributed by atoms with E-state index in [1.54, 1.807) is 26.4 Å². The van der Waals surface area contributed by atoms with Gasteiger partial charge in [-0.3, -0.25) is 4.79 Å². The van der Waals surface area contributed by atoms with Crippen LogP contribution < -0.4 is 9.47 Å². The summed E-state index contributed by atoms with van der Waals surface area (Å²) in [5.41, 5.74) is 2.55. The third-order valence-electron chi connectivity index (χ3n) is 3.25. The normalized spacial score (nSPS) is 13.9. The van der Waals surface area contributed by atoms with Gasteiger partial charge in [0.05, 0.1) is 5.56 Å². The second-order valence-corrected chi connectivity index (χ2v) is 4.73. The van der Waals surface area contributed by atoms with E-state index in [1.807, 2.05) is 0 Å². The van der Waals surface area contributed by atoms with Gasteiger partial charge in [0.25, 0.3) is 0 Å². The molecule has 0 saturated heterocycles. The van der Waals surface area contributed by atoms with Crippen LogP contribution in [-0.4, -0.2) is 34.1 Å². The van der Waals surface area contributed by atoms with Crippen LogP contribution in [0.3, 0.4) is 0 Å². The highest BCUT2D eigenvalue weighted by atomic mass is 16.7. The van der Waals surface area contributed by atoms with Gasteiger partial charge in [0.2, 0.25) is 0 Å². The molecule has 0 N–H and O–H groups in total. The lowest BCUT2D eigenvalue weighted by molar-refractivity contribution is 0.0455. The number of carbonyl (C=O) groups excluding carboxylic acids is 1. The molecule has 0 atom stereocenters. The van der Waals surface area contributed by atoms with E-state index in [1.165, 1.54) is 5.57 Å². The first-order valence-corrected chi connectivity index (χ1v) is 6.86. The lowest BCUT2D eigenvalue weighted by atomic mass is 10.0. The second kappa shape index (κ2) is 7.81. The standard InChI is InChI=1S/C16H20O5/c1-18-10-20-14-7-12(9-17)8-15(21-11-19-2)16(14)13-5-3-4-6-13/h5,7-9H,3-4,6,10-11H2,1-2H3. The van der Waals surface area contributed by atoms with Crippen molar-refractivity contribution in [2.24, 2.45) is 0 Å². The Morgan fingerprint density at radius 3 is 2.14 bits per heavy atom. The van der Waals surface area contributed by atoms with Gasteiger partial charge in [0.1, 0.15) is 17.8 Å². The number of allylic oxidation sites excluding steroid dienone is 2. The SMILES string of the molecule is COCOc1cc(C=O)cc(OCOC)c1C1=CCCC1. The molecule has 0 amide bonds. The minimum absolute atomic E-state index is 0.117. The molecule has 0 heterocycles. The van der Waals surface area contributed by atoms with Crippen molar-refractivity contribution in [1.82, 2.24) is 0 Å². The lowest BCUT2D eigenvalue weighted by Gasteiger charge is -2.17. The fourth-order valence-corrected chi connectivity index (χ4v) is 2.37. The maximum absolute atomic E-state index is 11.1. The van der Waals surface area contributed by atoms with E-state index >= 15 is 0 Å². The van der Waals surface area contributed by atoms with Crippen molar-refractivity contribution >= 4 is 11.9 Å². The van der Waals surface area contributed by atoms with Crippen LogP contribution in [0.5, 0.6) is 11.5 Å². The summed E-state index contributed by atoms with van der Waals surface area (Å²) in [5, 5.41) is 0. The summed E-state index contributed by atoms with van der Waals surface area (Å²) in [6.07, 6.45) is 6.06. The Balaban J connectivity index is 2.45. The van der Waals surface area contributed by atoms with Crippen molar-refractivity contribution < 1.29 is 23.7 Å². The topological polar surface area (TPSA) is 54.0 Å². The van der Waals surface area contributed by atoms with Crippen LogP contribution in [0.25, 0.3) is 5.57 Å². The Kier molecular flexibility index (Phi) is 5.78. The highest BCUT2D eigenvalue weighted by Gasteiger charge is 2.19. The molecule has 0 radical (unpaired) electrons. The number of rotatable bonds is 8. The smallest absolute Gasteiger partial charge is 0.188 e. The van der Waals surface area contributed by atoms with E-state index in [0.717, 1.165) is 31.1 Å². The Bertz CT molecular complexity index is 492. The van der Waals surface area contributed by atoms with Crippen LogP contribution in [0, 0.1) is 0 Å². The highest BCUT2D eigenvalue weighted by molar-refractivity contribution is 5.83. The molecule has 0 spiro atoms. The molecular formula is C16H20O5. The van der Waals surface area contributed by atoms with Crippen molar-refractivity contribution in [3.63, 3.8) is 0 Å². The maximum Gasteiger partial charge on any atom is 0.188 e. The summed E-state index contributed by atoms with van der Waals surface area (Å²) in [4.78, 5) is 11.1. The molecule has 1 aliphatic rings. The Labute approximate surface area is 124 Å². The van der Waals surface area contributed by atoms with Crippen LogP contribution in [0.2, 0.25) is 0 Å². The van der Waals surface area contributed by atoms with Crippen molar-refractivity contribution in [2.45, 2.75) is 19.3 Å². The summed E-state index contributed by atoms with van der Waals surface area (Å²) >= 11 is 0. The summed E-state index contributed by atoms with van der Waals surface area (Å²) in [7, 11) is 3.11. The maximum atomic E-state index is 11.1. The van der Waals surface area contributed by atoms with Crippen LogP contribution in [0.1, 0.15) is 35.2 Å². The number of methoxy groups -OCH3 is 2. The van der Waals surface area contributed by atoms with Crippen LogP contribution in [-0.2, 0) is 9.47 Å². The lowest BCUT2D eigenvalue weighted by Crippen LogP contribution is -2.06. The van der Waals surface area contributed by atoms with Crippen LogP contribution >= 0.6 is 0 Å². The third-order valence-corrected chi connectivity index (χ3v) is 3.25. The van der Waals surface area contributed by atoms with E-state index in [2.05, 4.69) is 6.08 Å². The molecule has 1 aromatic rings. The predicted octanol–water partition coefficient (Wildman–Crippen LogP) is 3.03. The molecular weight excluding hydrogens is 272 g/mol. The fourth-order valence-electron chi connectivity index (χ4n) is 2.37. The molecule has 0 saturated carbocycles. The Morgan fingerprint density at radius 1 is 1.10 bits per heavy atom. The first kappa shape index (κ1) is 15.5. The largest absolute Gasteiger partial charge is 0.467 e. The molecule has 0 unspecified atom stereocenters. The number of ether oxygens (including phenoxy) is 4. The molecule has 1 aliphatic carbocycles. The van der Waals surface area contributed by atoms with Gasteiger partial charge in [-0.25, -0.2) is 0 Å². The first-order valence-electron chi connectivity index (χ1n) is 6.86. The van der Waals surface area contributed by atoms with Gasteiger partial charge in [-0.1, -0.05) is 6.08 Å². The second-order valence-electron chi connectivity index (χ2n) is 4.73. The van der Waals surface area contributed by atoms with Gasteiger partial charge in [0, 0.05) is 19.8 Å². The average Bonchev–Trinajstić information content (AvgIpc) is 3.04. The first-order chi connectivity index (χ1) is 10.3. The number of aldehydes is 1. The minimum Gasteiger partial charge on any atom is -0.467 e. The molecule has 0 aliphatic heterocycles. The summed E-state index contributed by atoms with van der Waals surface area (Å²) < 4.78 is 21.2. The zero-order valence-electron chi connectivity index (χ0n) is 12.4. The zero-order valence-corrected chi connectivity index (χ0v) is 12.4. The zero-order chi connectivity index (χ0) is 15.1. The number of carbonyl (C=O) groups is 1. The molecule has 21 heavy (non-hydrogen) atoms. The van der Waals surface area contributed by atoms with Gasteiger partial charge in [0.15, 0.2) is 13.6 Å². The molecule has 5 nitrogen and oxygen atoms in total. The highest BCUT2D eigenvalue weighted by Crippen LogP contribution is 2.41. The summed E-state index contributed by atoms with van der Waals surface area (Å²) in [6.45, 7) is 0.235. The van der Waals surface area contributed by atoms with Gasteiger partial charge in [-0.05, 0) is 37.0 Å². The third kappa shape index (κ3) is 3.83. The molecule has 5 heteroatoms. The molecule has 0 aromatic heterocycles. The monoisotopic (exact) mass is 292 g/mol. The number of hydrogen-bond donors (Lipinski definition) is 0. The fraction of sp³-hybridized carbons (Fsp3) is 0.438. The van der Waals surface area contributed by atoms with Crippen molar-refractivity contribution in [3.05, 3.63) is 29.3 Å². The molecule has 0 bridgehead atoms. The molecule has 1 aromatic carbocycles. The number of hydrogen-bond acceptors (Lipinski definition) is 5. The Hall–Kier alpha value is -1.85. The Morgan fingerprint density at radius 2 is 1.71 bits per heavy atom. The van der Waals surface area contributed by atoms with E-state index in [-0.39, 0.29) is 13.6 Å². The quantitative estimate of drug-likeness (QED) is 0.544. The number of benzene rings is 1.